The number of fused-ring (bicyclic) bond motifs is 1. The Kier molecular flexibility index (Phi) is 4.94. The minimum atomic E-state index is -0.684. The second kappa shape index (κ2) is 7.69. The molecule has 0 unspecified atom stereocenters. The van der Waals surface area contributed by atoms with Crippen LogP contribution in [0.25, 0.3) is 5.69 Å². The van der Waals surface area contributed by atoms with Gasteiger partial charge in [0.1, 0.15) is 18.2 Å². The largest absolute Gasteiger partial charge is 0.493 e. The fourth-order valence-electron chi connectivity index (χ4n) is 2.94. The Balaban J connectivity index is 1.55. The summed E-state index contributed by atoms with van der Waals surface area (Å²) in [4.78, 5) is 12.6. The summed E-state index contributed by atoms with van der Waals surface area (Å²) in [6.45, 7) is 0.137. The van der Waals surface area contributed by atoms with Crippen molar-refractivity contribution >= 4 is 5.97 Å². The maximum absolute atomic E-state index is 13.8. The van der Waals surface area contributed by atoms with Gasteiger partial charge in [0.2, 0.25) is 5.69 Å². The van der Waals surface area contributed by atoms with Gasteiger partial charge in [-0.25, -0.2) is 13.9 Å². The van der Waals surface area contributed by atoms with Crippen LogP contribution in [0.15, 0.2) is 48.7 Å². The van der Waals surface area contributed by atoms with Crippen LogP contribution in [0.1, 0.15) is 21.6 Å². The molecule has 1 aliphatic rings. The second-order valence-electron chi connectivity index (χ2n) is 6.07. The number of benzene rings is 2. The monoisotopic (exact) mass is 384 g/mol. The average Bonchev–Trinajstić information content (AvgIpc) is 3.17. The number of nitrogens with zero attached hydrogens (tertiary/aromatic N) is 2. The lowest BCUT2D eigenvalue weighted by Gasteiger charge is -2.20. The second-order valence-corrected chi connectivity index (χ2v) is 6.07. The molecule has 0 aliphatic carbocycles. The summed E-state index contributed by atoms with van der Waals surface area (Å²) in [6.07, 6.45) is 1.59. The molecule has 0 saturated heterocycles. The van der Waals surface area contributed by atoms with Gasteiger partial charge in [0.15, 0.2) is 12.5 Å². The smallest absolute Gasteiger partial charge is 0.363 e. The summed E-state index contributed by atoms with van der Waals surface area (Å²) >= 11 is 0. The van der Waals surface area contributed by atoms with Gasteiger partial charge in [0.05, 0.1) is 25.6 Å². The maximum atomic E-state index is 13.8. The molecule has 2 aromatic carbocycles. The van der Waals surface area contributed by atoms with Crippen LogP contribution in [0.4, 0.5) is 4.39 Å². The average molecular weight is 384 g/mol. The minimum Gasteiger partial charge on any atom is -0.493 e. The van der Waals surface area contributed by atoms with Crippen molar-refractivity contribution in [1.82, 2.24) is 9.78 Å². The third kappa shape index (κ3) is 3.54. The number of hydrogen-bond donors (Lipinski definition) is 0. The number of methoxy groups -OCH3 is 1. The van der Waals surface area contributed by atoms with Gasteiger partial charge in [-0.05, 0) is 24.3 Å². The van der Waals surface area contributed by atoms with E-state index in [4.69, 9.17) is 18.9 Å². The van der Waals surface area contributed by atoms with E-state index in [1.165, 1.54) is 23.9 Å². The van der Waals surface area contributed by atoms with E-state index in [2.05, 4.69) is 5.10 Å². The molecular weight excluding hydrogens is 367 g/mol. The first-order valence-electron chi connectivity index (χ1n) is 8.54. The molecule has 1 aromatic heterocycles. The Hall–Kier alpha value is -3.39. The van der Waals surface area contributed by atoms with E-state index in [1.54, 1.807) is 6.20 Å². The summed E-state index contributed by atoms with van der Waals surface area (Å²) in [5, 5.41) is 4.26. The molecule has 0 radical (unpaired) electrons. The Morgan fingerprint density at radius 3 is 2.89 bits per heavy atom. The summed E-state index contributed by atoms with van der Waals surface area (Å²) < 4.78 is 36.5. The first-order valence-corrected chi connectivity index (χ1v) is 8.54. The van der Waals surface area contributed by atoms with Gasteiger partial charge < -0.3 is 18.9 Å². The van der Waals surface area contributed by atoms with Crippen molar-refractivity contribution in [2.24, 2.45) is 0 Å². The van der Waals surface area contributed by atoms with Crippen LogP contribution in [0.2, 0.25) is 0 Å². The van der Waals surface area contributed by atoms with E-state index in [9.17, 15) is 9.18 Å². The summed E-state index contributed by atoms with van der Waals surface area (Å²) in [7, 11) is 1.44. The summed E-state index contributed by atoms with van der Waals surface area (Å²) in [5.74, 6) is -0.386. The molecule has 1 aliphatic heterocycles. The van der Waals surface area contributed by atoms with Crippen molar-refractivity contribution in [2.75, 3.05) is 13.9 Å². The number of halogens is 1. The fourth-order valence-corrected chi connectivity index (χ4v) is 2.94. The van der Waals surface area contributed by atoms with Gasteiger partial charge in [0.25, 0.3) is 0 Å². The Labute approximate surface area is 160 Å². The van der Waals surface area contributed by atoms with Gasteiger partial charge in [0, 0.05) is 11.1 Å². The predicted octanol–water partition coefficient (Wildman–Crippen LogP) is 3.24. The summed E-state index contributed by atoms with van der Waals surface area (Å²) in [6, 6.07) is 11.9. The normalized spacial score (nSPS) is 12.8. The number of carbonyl (C=O) groups excluding carboxylic acids is 1. The molecule has 2 heterocycles. The number of carbonyl (C=O) groups is 1. The Morgan fingerprint density at radius 2 is 2.11 bits per heavy atom. The van der Waals surface area contributed by atoms with E-state index >= 15 is 0 Å². The van der Waals surface area contributed by atoms with Crippen LogP contribution >= 0.6 is 0 Å². The molecule has 0 saturated carbocycles. The SMILES string of the molecule is COc1cn(-c2ccccc2)nc1C(=O)OCc1cc(F)cc2c1OCOC2. The van der Waals surface area contributed by atoms with Crippen molar-refractivity contribution in [2.45, 2.75) is 13.2 Å². The molecule has 8 heteroatoms. The van der Waals surface area contributed by atoms with E-state index < -0.39 is 11.8 Å². The molecule has 3 aromatic rings. The van der Waals surface area contributed by atoms with Crippen molar-refractivity contribution in [1.29, 1.82) is 0 Å². The molecule has 0 atom stereocenters. The Morgan fingerprint density at radius 1 is 1.29 bits per heavy atom. The first kappa shape index (κ1) is 18.0. The molecule has 144 valence electrons. The molecule has 0 N–H and O–H groups in total. The van der Waals surface area contributed by atoms with Crippen LogP contribution in [-0.4, -0.2) is 29.7 Å². The van der Waals surface area contributed by atoms with Crippen molar-refractivity contribution in [3.8, 4) is 17.2 Å². The molecule has 0 spiro atoms. The zero-order chi connectivity index (χ0) is 19.5. The van der Waals surface area contributed by atoms with E-state index in [-0.39, 0.29) is 31.5 Å². The van der Waals surface area contributed by atoms with E-state index in [0.29, 0.717) is 16.9 Å². The number of para-hydroxylation sites is 1. The number of rotatable bonds is 5. The van der Waals surface area contributed by atoms with Crippen molar-refractivity contribution in [3.05, 3.63) is 71.3 Å². The molecule has 28 heavy (non-hydrogen) atoms. The molecule has 7 nitrogen and oxygen atoms in total. The van der Waals surface area contributed by atoms with Gasteiger partial charge in [-0.2, -0.15) is 5.10 Å². The highest BCUT2D eigenvalue weighted by molar-refractivity contribution is 5.90. The number of ether oxygens (including phenoxy) is 4. The lowest BCUT2D eigenvalue weighted by Crippen LogP contribution is -2.15. The van der Waals surface area contributed by atoms with Crippen molar-refractivity contribution in [3.63, 3.8) is 0 Å². The molecule has 4 rings (SSSR count). The number of esters is 1. The van der Waals surface area contributed by atoms with Gasteiger partial charge in [-0.1, -0.05) is 18.2 Å². The zero-order valence-corrected chi connectivity index (χ0v) is 15.1. The highest BCUT2D eigenvalue weighted by Crippen LogP contribution is 2.30. The van der Waals surface area contributed by atoms with Crippen LogP contribution < -0.4 is 9.47 Å². The minimum absolute atomic E-state index is 0.0286. The molecule has 0 fully saturated rings. The van der Waals surface area contributed by atoms with Gasteiger partial charge in [-0.15, -0.1) is 0 Å². The Bertz CT molecular complexity index is 1000. The number of aromatic nitrogens is 2. The quantitative estimate of drug-likeness (QED) is 0.629. The van der Waals surface area contributed by atoms with E-state index in [1.807, 2.05) is 30.3 Å². The zero-order valence-electron chi connectivity index (χ0n) is 15.1. The topological polar surface area (TPSA) is 71.8 Å². The summed E-state index contributed by atoms with van der Waals surface area (Å²) in [5.41, 5.74) is 1.80. The van der Waals surface area contributed by atoms with Crippen molar-refractivity contribution < 1.29 is 28.1 Å². The van der Waals surface area contributed by atoms with Crippen LogP contribution in [0.3, 0.4) is 0 Å². The highest BCUT2D eigenvalue weighted by atomic mass is 19.1. The lowest BCUT2D eigenvalue weighted by atomic mass is 10.1. The van der Waals surface area contributed by atoms with Crippen LogP contribution in [0.5, 0.6) is 11.5 Å². The number of hydrogen-bond acceptors (Lipinski definition) is 6. The van der Waals surface area contributed by atoms with Gasteiger partial charge >= 0.3 is 5.97 Å². The first-order chi connectivity index (χ1) is 13.7. The highest BCUT2D eigenvalue weighted by Gasteiger charge is 2.22. The predicted molar refractivity (Wildman–Crippen MR) is 95.9 cm³/mol. The van der Waals surface area contributed by atoms with Crippen LogP contribution in [0, 0.1) is 5.82 Å². The molecule has 0 amide bonds. The fraction of sp³-hybridized carbons (Fsp3) is 0.200. The standard InChI is InChI=1S/C20H17FN2O5/c1-25-17-9-23(16-5-3-2-4-6-16)22-18(17)20(24)27-11-14-8-15(21)7-13-10-26-12-28-19(13)14/h2-9H,10-12H2,1H3. The molecular formula is C20H17FN2O5. The van der Waals surface area contributed by atoms with E-state index in [0.717, 1.165) is 5.69 Å². The lowest BCUT2D eigenvalue weighted by molar-refractivity contribution is -0.0183. The maximum Gasteiger partial charge on any atom is 0.363 e. The molecule has 0 bridgehead atoms. The third-order valence-corrected chi connectivity index (χ3v) is 4.23. The third-order valence-electron chi connectivity index (χ3n) is 4.23. The van der Waals surface area contributed by atoms with Gasteiger partial charge in [-0.3, -0.25) is 0 Å². The van der Waals surface area contributed by atoms with Crippen LogP contribution in [-0.2, 0) is 22.7 Å².